The van der Waals surface area contributed by atoms with Crippen LogP contribution in [0.2, 0.25) is 0 Å². The predicted molar refractivity (Wildman–Crippen MR) is 119 cm³/mol. The van der Waals surface area contributed by atoms with Crippen molar-refractivity contribution in [2.45, 2.75) is 12.3 Å². The van der Waals surface area contributed by atoms with Gasteiger partial charge in [0.1, 0.15) is 21.1 Å². The number of aromatic nitrogens is 4. The van der Waals surface area contributed by atoms with Crippen LogP contribution in [0.25, 0.3) is 54.6 Å². The van der Waals surface area contributed by atoms with Gasteiger partial charge in [0.15, 0.2) is 0 Å². The lowest BCUT2D eigenvalue weighted by molar-refractivity contribution is 0.0882. The van der Waals surface area contributed by atoms with E-state index in [1.54, 1.807) is 8.97 Å². The molecular weight excluding hydrogens is 416 g/mol. The molecule has 0 N–H and O–H groups in total. The summed E-state index contributed by atoms with van der Waals surface area (Å²) in [6.45, 7) is 0. The second-order valence-corrected chi connectivity index (χ2v) is 9.55. The topological polar surface area (TPSA) is 69.3 Å². The maximum Gasteiger partial charge on any atom is 0.264 e. The maximum absolute atomic E-state index is 13.5. The Morgan fingerprint density at radius 3 is 2.63 bits per heavy atom. The van der Waals surface area contributed by atoms with Crippen molar-refractivity contribution in [2.24, 2.45) is 0 Å². The molecule has 0 radical (unpaired) electrons. The van der Waals surface area contributed by atoms with Gasteiger partial charge in [-0.25, -0.2) is 9.97 Å². The van der Waals surface area contributed by atoms with Gasteiger partial charge in [0, 0.05) is 21.6 Å². The third-order valence-corrected chi connectivity index (χ3v) is 8.02. The van der Waals surface area contributed by atoms with Crippen molar-refractivity contribution in [1.29, 1.82) is 0 Å². The summed E-state index contributed by atoms with van der Waals surface area (Å²) in [6, 6.07) is 7.74. The summed E-state index contributed by atoms with van der Waals surface area (Å²) in [4.78, 5) is 38.2. The highest BCUT2D eigenvalue weighted by atomic mass is 32.1. The molecule has 6 heterocycles. The van der Waals surface area contributed by atoms with Crippen molar-refractivity contribution in [1.82, 2.24) is 18.9 Å². The lowest BCUT2D eigenvalue weighted by Crippen LogP contribution is -2.32. The average Bonchev–Trinajstić information content (AvgIpc) is 3.49. The molecule has 0 fully saturated rings. The van der Waals surface area contributed by atoms with Crippen LogP contribution < -0.4 is 10.8 Å². The third kappa shape index (κ3) is 1.54. The van der Waals surface area contributed by atoms with Gasteiger partial charge >= 0.3 is 0 Å². The fraction of sp³-hybridized carbons (Fsp3) is 0.0909. The van der Waals surface area contributed by atoms with E-state index in [0.717, 1.165) is 42.4 Å². The highest BCUT2D eigenvalue weighted by molar-refractivity contribution is 7.17. The fourth-order valence-electron chi connectivity index (χ4n) is 5.21. The van der Waals surface area contributed by atoms with E-state index in [2.05, 4.69) is 6.08 Å². The molecule has 8 heteroatoms. The first-order valence-corrected chi connectivity index (χ1v) is 11.4. The van der Waals surface area contributed by atoms with Crippen molar-refractivity contribution < 1.29 is 4.79 Å². The number of hydrogen-bond donors (Lipinski definition) is 0. The first-order chi connectivity index (χ1) is 14.7. The molecule has 0 saturated carbocycles. The van der Waals surface area contributed by atoms with E-state index >= 15 is 0 Å². The number of thiophene rings is 2. The third-order valence-electron chi connectivity index (χ3n) is 6.42. The van der Waals surface area contributed by atoms with E-state index in [4.69, 9.17) is 9.97 Å². The van der Waals surface area contributed by atoms with Crippen LogP contribution in [0.15, 0.2) is 39.8 Å². The summed E-state index contributed by atoms with van der Waals surface area (Å²) in [5.41, 5.74) is 4.20. The Hall–Kier alpha value is -3.36. The fourth-order valence-corrected chi connectivity index (χ4v) is 6.70. The van der Waals surface area contributed by atoms with Gasteiger partial charge in [0.2, 0.25) is 5.91 Å². The number of carbonyl (C=O) groups excluding carboxylic acids is 1. The summed E-state index contributed by atoms with van der Waals surface area (Å²) < 4.78 is 3.47. The Balaban J connectivity index is 1.63. The molecule has 1 atom stereocenters. The zero-order chi connectivity index (χ0) is 19.7. The molecule has 1 aliphatic carbocycles. The van der Waals surface area contributed by atoms with Gasteiger partial charge in [-0.15, -0.1) is 22.7 Å². The van der Waals surface area contributed by atoms with E-state index in [1.807, 2.05) is 35.0 Å². The summed E-state index contributed by atoms with van der Waals surface area (Å²) in [5, 5.41) is 6.37. The zero-order valence-electron chi connectivity index (χ0n) is 15.2. The zero-order valence-corrected chi connectivity index (χ0v) is 16.9. The molecule has 5 aromatic heterocycles. The predicted octanol–water partition coefficient (Wildman–Crippen LogP) is 3.78. The normalized spacial score (nSPS) is 17.3. The summed E-state index contributed by atoms with van der Waals surface area (Å²) >= 11 is 3.07. The highest BCUT2D eigenvalue weighted by Gasteiger charge is 2.38. The standard InChI is InChI=1S/C22H10N4O2S2/c27-21-11-3-1-9-15-12(22(28)25-13-5-7-29-19(13)23-17(9)25)4-2-10(16(11)15)18-24-20-14(26(18)21)6-8-30-20/h1-3,5-8,12H,4H2. The largest absolute Gasteiger partial charge is 0.273 e. The quantitative estimate of drug-likeness (QED) is 0.371. The SMILES string of the molecule is O=C1C2CC=c3c4c2c(ccc4c(=O)n2c3nc3sccc32)-c2nc3sccc3n21. The van der Waals surface area contributed by atoms with Crippen LogP contribution in [0.1, 0.15) is 22.7 Å². The van der Waals surface area contributed by atoms with Crippen LogP contribution in [-0.4, -0.2) is 24.8 Å². The molecule has 1 unspecified atom stereocenters. The smallest absolute Gasteiger partial charge is 0.264 e. The van der Waals surface area contributed by atoms with Crippen LogP contribution in [0.3, 0.4) is 0 Å². The number of carbonyl (C=O) groups is 1. The minimum Gasteiger partial charge on any atom is -0.273 e. The van der Waals surface area contributed by atoms with E-state index in [0.29, 0.717) is 23.3 Å². The number of rotatable bonds is 0. The number of benzene rings is 1. The molecule has 0 amide bonds. The molecule has 142 valence electrons. The summed E-state index contributed by atoms with van der Waals surface area (Å²) in [7, 11) is 0. The maximum atomic E-state index is 13.5. The second kappa shape index (κ2) is 4.85. The van der Waals surface area contributed by atoms with Gasteiger partial charge in [-0.3, -0.25) is 18.6 Å². The van der Waals surface area contributed by atoms with E-state index < -0.39 is 0 Å². The Morgan fingerprint density at radius 1 is 0.967 bits per heavy atom. The molecular formula is C22H10N4O2S2. The van der Waals surface area contributed by atoms with Crippen molar-refractivity contribution in [3.05, 3.63) is 56.2 Å². The van der Waals surface area contributed by atoms with Crippen LogP contribution in [0.4, 0.5) is 0 Å². The number of imidazole rings is 2. The van der Waals surface area contributed by atoms with Crippen LogP contribution in [-0.2, 0) is 0 Å². The minimum absolute atomic E-state index is 0.0319. The Morgan fingerprint density at radius 2 is 1.77 bits per heavy atom. The van der Waals surface area contributed by atoms with Gasteiger partial charge in [-0.2, -0.15) is 0 Å². The molecule has 30 heavy (non-hydrogen) atoms. The molecule has 8 rings (SSSR count). The molecule has 0 saturated heterocycles. The second-order valence-electron chi connectivity index (χ2n) is 7.76. The molecule has 0 bridgehead atoms. The Labute approximate surface area is 175 Å². The van der Waals surface area contributed by atoms with Crippen molar-refractivity contribution in [3.63, 3.8) is 0 Å². The first-order valence-electron chi connectivity index (χ1n) is 9.61. The number of hydrogen-bond acceptors (Lipinski definition) is 6. The molecule has 2 aliphatic rings. The average molecular weight is 426 g/mol. The first kappa shape index (κ1) is 15.5. The van der Waals surface area contributed by atoms with Crippen LogP contribution in [0, 0.1) is 0 Å². The summed E-state index contributed by atoms with van der Waals surface area (Å²) in [6.07, 6.45) is 2.68. The van der Waals surface area contributed by atoms with Crippen molar-refractivity contribution in [2.75, 3.05) is 0 Å². The lowest BCUT2D eigenvalue weighted by Gasteiger charge is -2.28. The molecule has 0 spiro atoms. The Bertz CT molecular complexity index is 1890. The van der Waals surface area contributed by atoms with E-state index in [9.17, 15) is 9.59 Å². The molecule has 6 aromatic rings. The highest BCUT2D eigenvalue weighted by Crippen LogP contribution is 2.44. The monoisotopic (exact) mass is 426 g/mol. The van der Waals surface area contributed by atoms with Gasteiger partial charge in [0.05, 0.1) is 17.0 Å². The molecule has 6 nitrogen and oxygen atoms in total. The van der Waals surface area contributed by atoms with Gasteiger partial charge < -0.3 is 0 Å². The van der Waals surface area contributed by atoms with E-state index in [-0.39, 0.29) is 17.4 Å². The number of nitrogens with zero attached hydrogens (tertiary/aromatic N) is 4. The van der Waals surface area contributed by atoms with Gasteiger partial charge in [0.25, 0.3) is 5.56 Å². The minimum atomic E-state index is -0.307. The number of fused-ring (bicyclic) bond motifs is 8. The van der Waals surface area contributed by atoms with Gasteiger partial charge in [-0.05, 0) is 40.9 Å². The van der Waals surface area contributed by atoms with Gasteiger partial charge in [-0.1, -0.05) is 12.1 Å². The molecule has 1 aliphatic heterocycles. The van der Waals surface area contributed by atoms with Crippen molar-refractivity contribution >= 4 is 71.8 Å². The summed E-state index contributed by atoms with van der Waals surface area (Å²) in [5.74, 6) is 0.405. The van der Waals surface area contributed by atoms with E-state index in [1.165, 1.54) is 22.7 Å². The Kier molecular flexibility index (Phi) is 2.50. The van der Waals surface area contributed by atoms with Crippen LogP contribution in [0.5, 0.6) is 0 Å². The van der Waals surface area contributed by atoms with Crippen molar-refractivity contribution in [3.8, 4) is 11.4 Å². The van der Waals surface area contributed by atoms with Crippen LogP contribution >= 0.6 is 22.7 Å². The molecule has 1 aromatic carbocycles. The lowest BCUT2D eigenvalue weighted by atomic mass is 9.80. The number of pyridine rings is 1.